The van der Waals surface area contributed by atoms with E-state index in [9.17, 15) is 0 Å². The Labute approximate surface area is 90.0 Å². The third kappa shape index (κ3) is 2.08. The van der Waals surface area contributed by atoms with Crippen LogP contribution in [0.2, 0.25) is 0 Å². The Kier molecular flexibility index (Phi) is 2.74. The van der Waals surface area contributed by atoms with Crippen molar-refractivity contribution in [2.75, 3.05) is 5.32 Å². The van der Waals surface area contributed by atoms with Crippen LogP contribution in [0.3, 0.4) is 0 Å². The Morgan fingerprint density at radius 1 is 1.50 bits per heavy atom. The molecule has 0 fully saturated rings. The van der Waals surface area contributed by atoms with Gasteiger partial charge >= 0.3 is 0 Å². The molecule has 6 heteroatoms. The number of rotatable bonds is 3. The van der Waals surface area contributed by atoms with Crippen LogP contribution in [0.1, 0.15) is 22.9 Å². The molecule has 0 aliphatic carbocycles. The van der Waals surface area contributed by atoms with Crippen LogP contribution in [-0.2, 0) is 0 Å². The molecule has 1 unspecified atom stereocenters. The van der Waals surface area contributed by atoms with Crippen LogP contribution in [0, 0.1) is 6.92 Å². The summed E-state index contributed by atoms with van der Waals surface area (Å²) in [5, 5.41) is 12.8. The standard InChI is InChI=1S/C8H10N4S2/c1-5-3-9-7(14-5)6(2)11-8-12-10-4-13-8/h3-4,6H,1-2H3,(H,11,12). The number of hydrogen-bond donors (Lipinski definition) is 1. The first-order valence-corrected chi connectivity index (χ1v) is 5.90. The van der Waals surface area contributed by atoms with Crippen molar-refractivity contribution >= 4 is 27.8 Å². The number of nitrogens with one attached hydrogen (secondary N) is 1. The van der Waals surface area contributed by atoms with E-state index in [1.165, 1.54) is 16.2 Å². The Morgan fingerprint density at radius 2 is 2.36 bits per heavy atom. The van der Waals surface area contributed by atoms with Crippen molar-refractivity contribution in [3.8, 4) is 0 Å². The number of thiazole rings is 1. The average molecular weight is 226 g/mol. The predicted molar refractivity (Wildman–Crippen MR) is 58.8 cm³/mol. The maximum Gasteiger partial charge on any atom is 0.205 e. The molecule has 14 heavy (non-hydrogen) atoms. The smallest absolute Gasteiger partial charge is 0.205 e. The lowest BCUT2D eigenvalue weighted by Gasteiger charge is -2.08. The zero-order valence-corrected chi connectivity index (χ0v) is 9.52. The Morgan fingerprint density at radius 3 is 2.93 bits per heavy atom. The lowest BCUT2D eigenvalue weighted by molar-refractivity contribution is 0.860. The monoisotopic (exact) mass is 226 g/mol. The van der Waals surface area contributed by atoms with Gasteiger partial charge in [-0.15, -0.1) is 21.5 Å². The second-order valence-electron chi connectivity index (χ2n) is 2.92. The van der Waals surface area contributed by atoms with Gasteiger partial charge in [0.2, 0.25) is 5.13 Å². The highest BCUT2D eigenvalue weighted by atomic mass is 32.1. The Bertz CT molecular complexity index is 395. The molecule has 0 saturated heterocycles. The summed E-state index contributed by atoms with van der Waals surface area (Å²) in [6.07, 6.45) is 1.89. The van der Waals surface area contributed by atoms with Crippen molar-refractivity contribution in [1.82, 2.24) is 15.2 Å². The highest BCUT2D eigenvalue weighted by Crippen LogP contribution is 2.23. The molecular formula is C8H10N4S2. The molecule has 0 aliphatic heterocycles. The van der Waals surface area contributed by atoms with Gasteiger partial charge in [0.15, 0.2) is 0 Å². The SMILES string of the molecule is Cc1cnc(C(C)Nc2nncs2)s1. The fourth-order valence-electron chi connectivity index (χ4n) is 1.06. The van der Waals surface area contributed by atoms with Gasteiger partial charge in [0.25, 0.3) is 0 Å². The van der Waals surface area contributed by atoms with Gasteiger partial charge in [-0.25, -0.2) is 4.98 Å². The molecule has 0 aliphatic rings. The summed E-state index contributed by atoms with van der Waals surface area (Å²) >= 11 is 3.20. The number of nitrogens with zero attached hydrogens (tertiary/aromatic N) is 3. The summed E-state index contributed by atoms with van der Waals surface area (Å²) < 4.78 is 0. The molecule has 2 heterocycles. The zero-order valence-electron chi connectivity index (χ0n) is 7.89. The van der Waals surface area contributed by atoms with Crippen LogP contribution in [0.15, 0.2) is 11.7 Å². The van der Waals surface area contributed by atoms with E-state index in [0.717, 1.165) is 10.1 Å². The number of aryl methyl sites for hydroxylation is 1. The lowest BCUT2D eigenvalue weighted by atomic mass is 10.4. The summed E-state index contributed by atoms with van der Waals surface area (Å²) in [5.41, 5.74) is 1.71. The predicted octanol–water partition coefficient (Wildman–Crippen LogP) is 2.48. The van der Waals surface area contributed by atoms with Crippen LogP contribution < -0.4 is 5.32 Å². The summed E-state index contributed by atoms with van der Waals surface area (Å²) in [6, 6.07) is 0.196. The molecule has 0 radical (unpaired) electrons. The second kappa shape index (κ2) is 4.02. The van der Waals surface area contributed by atoms with Crippen molar-refractivity contribution in [3.63, 3.8) is 0 Å². The Hall–Kier alpha value is -1.01. The minimum atomic E-state index is 0.196. The van der Waals surface area contributed by atoms with E-state index in [2.05, 4.69) is 34.3 Å². The van der Waals surface area contributed by atoms with E-state index in [-0.39, 0.29) is 6.04 Å². The van der Waals surface area contributed by atoms with Crippen molar-refractivity contribution < 1.29 is 0 Å². The zero-order chi connectivity index (χ0) is 9.97. The van der Waals surface area contributed by atoms with Crippen LogP contribution in [0.5, 0.6) is 0 Å². The van der Waals surface area contributed by atoms with Crippen molar-refractivity contribution in [2.45, 2.75) is 19.9 Å². The van der Waals surface area contributed by atoms with Gasteiger partial charge in [-0.2, -0.15) is 0 Å². The second-order valence-corrected chi connectivity index (χ2v) is 5.02. The minimum Gasteiger partial charge on any atom is -0.351 e. The summed E-state index contributed by atoms with van der Waals surface area (Å²) in [4.78, 5) is 5.54. The van der Waals surface area contributed by atoms with E-state index in [1.807, 2.05) is 6.20 Å². The first kappa shape index (κ1) is 9.54. The molecule has 74 valence electrons. The number of anilines is 1. The number of hydrogen-bond acceptors (Lipinski definition) is 6. The summed E-state index contributed by atoms with van der Waals surface area (Å²) in [6.45, 7) is 4.12. The number of aromatic nitrogens is 3. The fraction of sp³-hybridized carbons (Fsp3) is 0.375. The molecule has 0 saturated carbocycles. The van der Waals surface area contributed by atoms with E-state index >= 15 is 0 Å². The van der Waals surface area contributed by atoms with Gasteiger partial charge in [0, 0.05) is 11.1 Å². The summed E-state index contributed by atoms with van der Waals surface area (Å²) in [7, 11) is 0. The summed E-state index contributed by atoms with van der Waals surface area (Å²) in [5.74, 6) is 0. The van der Waals surface area contributed by atoms with Crippen LogP contribution in [0.4, 0.5) is 5.13 Å². The van der Waals surface area contributed by atoms with Crippen LogP contribution in [0.25, 0.3) is 0 Å². The third-order valence-electron chi connectivity index (χ3n) is 1.71. The van der Waals surface area contributed by atoms with Gasteiger partial charge in [0.1, 0.15) is 10.5 Å². The highest BCUT2D eigenvalue weighted by molar-refractivity contribution is 7.13. The maximum absolute atomic E-state index is 4.31. The molecule has 1 N–H and O–H groups in total. The quantitative estimate of drug-likeness (QED) is 0.873. The molecule has 0 aromatic carbocycles. The molecule has 0 spiro atoms. The van der Waals surface area contributed by atoms with Gasteiger partial charge in [-0.3, -0.25) is 0 Å². The molecule has 2 rings (SSSR count). The van der Waals surface area contributed by atoms with Crippen molar-refractivity contribution in [1.29, 1.82) is 0 Å². The molecular weight excluding hydrogens is 216 g/mol. The third-order valence-corrected chi connectivity index (χ3v) is 3.43. The van der Waals surface area contributed by atoms with Crippen LogP contribution >= 0.6 is 22.7 Å². The molecule has 0 bridgehead atoms. The maximum atomic E-state index is 4.31. The first-order chi connectivity index (χ1) is 6.75. The normalized spacial score (nSPS) is 12.7. The molecule has 1 atom stereocenters. The Balaban J connectivity index is 2.06. The fourth-order valence-corrected chi connectivity index (χ4v) is 2.36. The topological polar surface area (TPSA) is 50.7 Å². The molecule has 2 aromatic heterocycles. The largest absolute Gasteiger partial charge is 0.351 e. The molecule has 2 aromatic rings. The molecule has 0 amide bonds. The average Bonchev–Trinajstić information content (AvgIpc) is 2.75. The van der Waals surface area contributed by atoms with E-state index in [4.69, 9.17) is 0 Å². The van der Waals surface area contributed by atoms with Crippen molar-refractivity contribution in [2.24, 2.45) is 0 Å². The van der Waals surface area contributed by atoms with Gasteiger partial charge in [-0.1, -0.05) is 11.3 Å². The van der Waals surface area contributed by atoms with E-state index in [0.29, 0.717) is 0 Å². The van der Waals surface area contributed by atoms with E-state index in [1.54, 1.807) is 16.8 Å². The molecule has 4 nitrogen and oxygen atoms in total. The van der Waals surface area contributed by atoms with Crippen LogP contribution in [-0.4, -0.2) is 15.2 Å². The van der Waals surface area contributed by atoms with Gasteiger partial charge < -0.3 is 5.32 Å². The first-order valence-electron chi connectivity index (χ1n) is 4.21. The minimum absolute atomic E-state index is 0.196. The lowest BCUT2D eigenvalue weighted by Crippen LogP contribution is -2.05. The van der Waals surface area contributed by atoms with Crippen molar-refractivity contribution in [3.05, 3.63) is 21.6 Å². The highest BCUT2D eigenvalue weighted by Gasteiger charge is 2.10. The van der Waals surface area contributed by atoms with Gasteiger partial charge in [-0.05, 0) is 13.8 Å². The van der Waals surface area contributed by atoms with E-state index < -0.39 is 0 Å². The van der Waals surface area contributed by atoms with Gasteiger partial charge in [0.05, 0.1) is 6.04 Å².